The molecule has 0 aromatic rings. The predicted molar refractivity (Wildman–Crippen MR) is 48.2 cm³/mol. The third kappa shape index (κ3) is 0.723. The molecule has 3 atom stereocenters. The first-order valence-corrected chi connectivity index (χ1v) is 5.43. The molecule has 1 N–H and O–H groups in total. The van der Waals surface area contributed by atoms with Crippen LogP contribution < -0.4 is 0 Å². The van der Waals surface area contributed by atoms with Gasteiger partial charge in [0, 0.05) is 17.8 Å². The minimum atomic E-state index is -0.581. The molecular weight excluding hydrogens is 164 g/mol. The van der Waals surface area contributed by atoms with Crippen molar-refractivity contribution in [3.05, 3.63) is 0 Å². The molecule has 0 aromatic heterocycles. The van der Waals surface area contributed by atoms with Crippen molar-refractivity contribution < 1.29 is 9.90 Å². The molecule has 0 amide bonds. The Morgan fingerprint density at radius 2 is 2.08 bits per heavy atom. The summed E-state index contributed by atoms with van der Waals surface area (Å²) in [6.45, 7) is 0. The number of aliphatic hydroxyl groups is 1. The molecule has 0 aromatic carbocycles. The highest BCUT2D eigenvalue weighted by molar-refractivity contribution is 5.84. The van der Waals surface area contributed by atoms with E-state index in [2.05, 4.69) is 0 Å². The zero-order valence-electron chi connectivity index (χ0n) is 7.88. The molecule has 3 aliphatic rings. The van der Waals surface area contributed by atoms with Crippen molar-refractivity contribution in [1.82, 2.24) is 0 Å². The van der Waals surface area contributed by atoms with Crippen LogP contribution in [0.1, 0.15) is 44.9 Å². The summed E-state index contributed by atoms with van der Waals surface area (Å²) in [4.78, 5) is 11.6. The molecule has 3 saturated carbocycles. The summed E-state index contributed by atoms with van der Waals surface area (Å²) in [5.74, 6) is 0.335. The Bertz CT molecular complexity index is 273. The average molecular weight is 180 g/mol. The van der Waals surface area contributed by atoms with Crippen molar-refractivity contribution >= 4 is 5.78 Å². The SMILES string of the molecule is O=C1CC[C@]23CCC[C@]2(O)[C@H]1CC3. The van der Waals surface area contributed by atoms with Gasteiger partial charge in [-0.1, -0.05) is 0 Å². The Kier molecular flexibility index (Phi) is 1.33. The Morgan fingerprint density at radius 3 is 2.92 bits per heavy atom. The lowest BCUT2D eigenvalue weighted by Crippen LogP contribution is -2.50. The lowest BCUT2D eigenvalue weighted by Gasteiger charge is -2.43. The van der Waals surface area contributed by atoms with Crippen LogP contribution in [0.15, 0.2) is 0 Å². The zero-order chi connectivity index (χ0) is 9.10. The molecule has 3 rings (SSSR count). The van der Waals surface area contributed by atoms with Crippen LogP contribution in [0.2, 0.25) is 0 Å². The third-order valence-corrected chi connectivity index (χ3v) is 4.86. The highest BCUT2D eigenvalue weighted by Crippen LogP contribution is 2.64. The maximum absolute atomic E-state index is 11.6. The molecule has 2 bridgehead atoms. The van der Waals surface area contributed by atoms with E-state index < -0.39 is 5.60 Å². The standard InChI is InChI=1S/C11H16O2/c12-9-3-7-10-4-1-5-11(10,13)8(9)2-6-10/h8,13H,1-7H2/t8-,10+,11-/m0/s1. The normalized spacial score (nSPS) is 53.9. The minimum Gasteiger partial charge on any atom is -0.389 e. The van der Waals surface area contributed by atoms with Gasteiger partial charge in [-0.2, -0.15) is 0 Å². The molecule has 0 unspecified atom stereocenters. The lowest BCUT2D eigenvalue weighted by molar-refractivity contribution is -0.145. The molecule has 3 fully saturated rings. The molecule has 0 aliphatic heterocycles. The van der Waals surface area contributed by atoms with Crippen LogP contribution in [0, 0.1) is 11.3 Å². The van der Waals surface area contributed by atoms with Gasteiger partial charge < -0.3 is 5.11 Å². The second-order valence-electron chi connectivity index (χ2n) is 5.12. The first-order chi connectivity index (χ1) is 6.18. The van der Waals surface area contributed by atoms with Crippen LogP contribution in [-0.4, -0.2) is 16.5 Å². The minimum absolute atomic E-state index is 0.00347. The smallest absolute Gasteiger partial charge is 0.138 e. The van der Waals surface area contributed by atoms with E-state index in [1.807, 2.05) is 0 Å². The second kappa shape index (κ2) is 2.17. The Hall–Kier alpha value is -0.370. The fourth-order valence-electron chi connectivity index (χ4n) is 4.15. The van der Waals surface area contributed by atoms with Crippen LogP contribution in [0.4, 0.5) is 0 Å². The summed E-state index contributed by atoms with van der Waals surface area (Å²) in [6, 6.07) is 0. The number of carbonyl (C=O) groups excluding carboxylic acids is 1. The van der Waals surface area contributed by atoms with E-state index in [9.17, 15) is 9.90 Å². The van der Waals surface area contributed by atoms with Gasteiger partial charge in [0.15, 0.2) is 0 Å². The summed E-state index contributed by atoms with van der Waals surface area (Å²) in [6.07, 6.45) is 6.90. The third-order valence-electron chi connectivity index (χ3n) is 4.86. The summed E-state index contributed by atoms with van der Waals surface area (Å²) < 4.78 is 0. The largest absolute Gasteiger partial charge is 0.389 e. The Labute approximate surface area is 78.3 Å². The Balaban J connectivity index is 2.09. The van der Waals surface area contributed by atoms with Gasteiger partial charge in [-0.25, -0.2) is 0 Å². The molecule has 13 heavy (non-hydrogen) atoms. The van der Waals surface area contributed by atoms with Crippen LogP contribution in [0.3, 0.4) is 0 Å². The number of rotatable bonds is 0. The van der Waals surface area contributed by atoms with Crippen molar-refractivity contribution in [2.45, 2.75) is 50.5 Å². The topological polar surface area (TPSA) is 37.3 Å². The van der Waals surface area contributed by atoms with Gasteiger partial charge in [0.05, 0.1) is 5.60 Å². The van der Waals surface area contributed by atoms with Gasteiger partial charge >= 0.3 is 0 Å². The maximum atomic E-state index is 11.6. The number of ketones is 1. The van der Waals surface area contributed by atoms with Crippen molar-refractivity contribution in [1.29, 1.82) is 0 Å². The maximum Gasteiger partial charge on any atom is 0.138 e. The quantitative estimate of drug-likeness (QED) is 0.615. The Morgan fingerprint density at radius 1 is 1.23 bits per heavy atom. The van der Waals surface area contributed by atoms with E-state index in [0.29, 0.717) is 5.78 Å². The second-order valence-corrected chi connectivity index (χ2v) is 5.12. The molecule has 0 heterocycles. The van der Waals surface area contributed by atoms with Gasteiger partial charge in [-0.15, -0.1) is 0 Å². The van der Waals surface area contributed by atoms with E-state index in [4.69, 9.17) is 0 Å². The molecular formula is C11H16O2. The monoisotopic (exact) mass is 180 g/mol. The molecule has 0 spiro atoms. The molecule has 2 nitrogen and oxygen atoms in total. The van der Waals surface area contributed by atoms with Gasteiger partial charge in [-0.3, -0.25) is 4.79 Å². The van der Waals surface area contributed by atoms with Crippen LogP contribution in [0.5, 0.6) is 0 Å². The molecule has 72 valence electrons. The number of carbonyl (C=O) groups is 1. The van der Waals surface area contributed by atoms with E-state index >= 15 is 0 Å². The van der Waals surface area contributed by atoms with Crippen molar-refractivity contribution in [2.24, 2.45) is 11.3 Å². The van der Waals surface area contributed by atoms with Crippen molar-refractivity contribution in [3.8, 4) is 0 Å². The highest BCUT2D eigenvalue weighted by Gasteiger charge is 2.65. The summed E-state index contributed by atoms with van der Waals surface area (Å²) in [7, 11) is 0. The van der Waals surface area contributed by atoms with Crippen LogP contribution in [0.25, 0.3) is 0 Å². The summed E-state index contributed by atoms with van der Waals surface area (Å²) in [5.41, 5.74) is -0.423. The number of Topliss-reactive ketones (excluding diaryl/α,β-unsaturated/α-hetero) is 1. The van der Waals surface area contributed by atoms with Crippen LogP contribution in [-0.2, 0) is 4.79 Å². The summed E-state index contributed by atoms with van der Waals surface area (Å²) in [5, 5.41) is 10.6. The average Bonchev–Trinajstić information content (AvgIpc) is 2.46. The van der Waals surface area contributed by atoms with Gasteiger partial charge in [0.2, 0.25) is 0 Å². The molecule has 3 aliphatic carbocycles. The van der Waals surface area contributed by atoms with Gasteiger partial charge in [0.1, 0.15) is 5.78 Å². The fourth-order valence-corrected chi connectivity index (χ4v) is 4.15. The summed E-state index contributed by atoms with van der Waals surface area (Å²) >= 11 is 0. The van der Waals surface area contributed by atoms with E-state index in [0.717, 1.165) is 44.9 Å². The van der Waals surface area contributed by atoms with Crippen molar-refractivity contribution in [3.63, 3.8) is 0 Å². The van der Waals surface area contributed by atoms with Gasteiger partial charge in [0.25, 0.3) is 0 Å². The van der Waals surface area contributed by atoms with E-state index in [1.54, 1.807) is 0 Å². The molecule has 0 radical (unpaired) electrons. The molecule has 0 saturated heterocycles. The lowest BCUT2D eigenvalue weighted by atomic mass is 9.65. The van der Waals surface area contributed by atoms with Crippen molar-refractivity contribution in [2.75, 3.05) is 0 Å². The molecule has 2 heteroatoms. The number of hydrogen-bond donors (Lipinski definition) is 1. The fraction of sp³-hybridized carbons (Fsp3) is 0.909. The van der Waals surface area contributed by atoms with E-state index in [-0.39, 0.29) is 11.3 Å². The predicted octanol–water partition coefficient (Wildman–Crippen LogP) is 1.66. The van der Waals surface area contributed by atoms with Gasteiger partial charge in [-0.05, 0) is 38.5 Å². The first kappa shape index (κ1) is 7.98. The van der Waals surface area contributed by atoms with Crippen LogP contribution >= 0.6 is 0 Å². The number of hydrogen-bond acceptors (Lipinski definition) is 2. The van der Waals surface area contributed by atoms with E-state index in [1.165, 1.54) is 0 Å². The highest BCUT2D eigenvalue weighted by atomic mass is 16.3. The first-order valence-electron chi connectivity index (χ1n) is 5.43. The zero-order valence-corrected chi connectivity index (χ0v) is 7.88.